The number of nitro groups is 1. The summed E-state index contributed by atoms with van der Waals surface area (Å²) in [5.74, 6) is -2.77. The van der Waals surface area contributed by atoms with Crippen molar-refractivity contribution in [2.45, 2.75) is 6.42 Å². The Morgan fingerprint density at radius 2 is 1.93 bits per heavy atom. The molecule has 1 amide bonds. The van der Waals surface area contributed by atoms with Gasteiger partial charge in [-0.2, -0.15) is 0 Å². The van der Waals surface area contributed by atoms with Crippen LogP contribution in [0.4, 0.5) is 15.8 Å². The molecular weight excluding hydrogens is 399 g/mol. The maximum atomic E-state index is 12.9. The maximum absolute atomic E-state index is 12.9. The SMILES string of the molecule is COc1cc([N+](=O)[O-])ccc1N1C[C@@H](C(=O)OCC(=O)c2ccc(F)cc2)CC1=O. The molecule has 2 aromatic rings. The molecule has 0 N–H and O–H groups in total. The Bertz CT molecular complexity index is 1010. The number of ketones is 1. The minimum absolute atomic E-state index is 0.0173. The number of rotatable bonds is 7. The normalized spacial score (nSPS) is 15.7. The van der Waals surface area contributed by atoms with Crippen LogP contribution in [0.5, 0.6) is 5.75 Å². The molecule has 0 bridgehead atoms. The van der Waals surface area contributed by atoms with Crippen LogP contribution >= 0.6 is 0 Å². The molecular formula is C20H17FN2O7. The molecule has 0 aromatic heterocycles. The summed E-state index contributed by atoms with van der Waals surface area (Å²) >= 11 is 0. The third-order valence-corrected chi connectivity index (χ3v) is 4.64. The van der Waals surface area contributed by atoms with Gasteiger partial charge in [-0.1, -0.05) is 0 Å². The number of nitro benzene ring substituents is 1. The Kier molecular flexibility index (Phi) is 6.05. The number of non-ortho nitro benzene ring substituents is 1. The second-order valence-electron chi connectivity index (χ2n) is 6.56. The summed E-state index contributed by atoms with van der Waals surface area (Å²) in [6, 6.07) is 8.62. The van der Waals surface area contributed by atoms with Crippen molar-refractivity contribution in [1.82, 2.24) is 0 Å². The number of hydrogen-bond acceptors (Lipinski definition) is 7. The van der Waals surface area contributed by atoms with Gasteiger partial charge in [0.05, 0.1) is 29.7 Å². The molecule has 0 spiro atoms. The molecule has 0 saturated carbocycles. The van der Waals surface area contributed by atoms with Gasteiger partial charge in [0.15, 0.2) is 12.4 Å². The van der Waals surface area contributed by atoms with Gasteiger partial charge in [0.1, 0.15) is 11.6 Å². The molecule has 0 aliphatic carbocycles. The number of esters is 1. The number of Topliss-reactive ketones (excluding diaryl/α,β-unsaturated/α-hetero) is 1. The maximum Gasteiger partial charge on any atom is 0.311 e. The first-order valence-corrected chi connectivity index (χ1v) is 8.88. The fourth-order valence-corrected chi connectivity index (χ4v) is 3.07. The van der Waals surface area contributed by atoms with Crippen molar-refractivity contribution in [1.29, 1.82) is 0 Å². The lowest BCUT2D eigenvalue weighted by Crippen LogP contribution is -2.27. The molecule has 1 aliphatic heterocycles. The average molecular weight is 416 g/mol. The molecule has 0 unspecified atom stereocenters. The monoisotopic (exact) mass is 416 g/mol. The van der Waals surface area contributed by atoms with Crippen molar-refractivity contribution in [3.63, 3.8) is 0 Å². The first-order valence-electron chi connectivity index (χ1n) is 8.88. The van der Waals surface area contributed by atoms with Crippen LogP contribution in [0.3, 0.4) is 0 Å². The van der Waals surface area contributed by atoms with Crippen LogP contribution in [0.15, 0.2) is 42.5 Å². The smallest absolute Gasteiger partial charge is 0.311 e. The molecule has 0 radical (unpaired) electrons. The van der Waals surface area contributed by atoms with Crippen LogP contribution < -0.4 is 9.64 Å². The van der Waals surface area contributed by atoms with E-state index < -0.39 is 35.0 Å². The Morgan fingerprint density at radius 3 is 2.57 bits per heavy atom. The number of halogens is 1. The Hall–Kier alpha value is -3.82. The number of ether oxygens (including phenoxy) is 2. The van der Waals surface area contributed by atoms with Crippen molar-refractivity contribution >= 4 is 29.0 Å². The van der Waals surface area contributed by atoms with Gasteiger partial charge in [-0.3, -0.25) is 24.5 Å². The van der Waals surface area contributed by atoms with Crippen LogP contribution in [-0.4, -0.2) is 42.8 Å². The predicted molar refractivity (Wildman–Crippen MR) is 102 cm³/mol. The lowest BCUT2D eigenvalue weighted by molar-refractivity contribution is -0.384. The highest BCUT2D eigenvalue weighted by atomic mass is 19.1. The number of nitrogens with zero attached hydrogens (tertiary/aromatic N) is 2. The Morgan fingerprint density at radius 1 is 1.23 bits per heavy atom. The molecule has 1 atom stereocenters. The van der Waals surface area contributed by atoms with E-state index in [1.54, 1.807) is 0 Å². The summed E-state index contributed by atoms with van der Waals surface area (Å²) in [7, 11) is 1.32. The molecule has 10 heteroatoms. The van der Waals surface area contributed by atoms with E-state index in [4.69, 9.17) is 9.47 Å². The summed E-state index contributed by atoms with van der Waals surface area (Å²) in [6.07, 6.45) is -0.135. The van der Waals surface area contributed by atoms with Gasteiger partial charge < -0.3 is 14.4 Å². The van der Waals surface area contributed by atoms with Crippen LogP contribution in [0.2, 0.25) is 0 Å². The first kappa shape index (κ1) is 20.9. The quantitative estimate of drug-likeness (QED) is 0.295. The zero-order valence-corrected chi connectivity index (χ0v) is 15.9. The minimum Gasteiger partial charge on any atom is -0.494 e. The molecule has 3 rings (SSSR count). The lowest BCUT2D eigenvalue weighted by Gasteiger charge is -2.19. The van der Waals surface area contributed by atoms with Gasteiger partial charge >= 0.3 is 5.97 Å². The third kappa shape index (κ3) is 4.43. The van der Waals surface area contributed by atoms with Crippen molar-refractivity contribution in [2.24, 2.45) is 5.92 Å². The molecule has 30 heavy (non-hydrogen) atoms. The second-order valence-corrected chi connectivity index (χ2v) is 6.56. The van der Waals surface area contributed by atoms with Gasteiger partial charge in [-0.05, 0) is 30.3 Å². The molecule has 1 heterocycles. The number of amides is 1. The molecule has 156 valence electrons. The van der Waals surface area contributed by atoms with Crippen molar-refractivity contribution in [2.75, 3.05) is 25.2 Å². The number of carbonyl (C=O) groups is 3. The first-order chi connectivity index (χ1) is 14.3. The zero-order valence-electron chi connectivity index (χ0n) is 15.9. The van der Waals surface area contributed by atoms with Crippen LogP contribution in [0.25, 0.3) is 0 Å². The number of carbonyl (C=O) groups excluding carboxylic acids is 3. The van der Waals surface area contributed by atoms with E-state index in [-0.39, 0.29) is 35.9 Å². The van der Waals surface area contributed by atoms with Gasteiger partial charge in [-0.25, -0.2) is 4.39 Å². The predicted octanol–water partition coefficient (Wildman–Crippen LogP) is 2.52. The highest BCUT2D eigenvalue weighted by Crippen LogP contribution is 2.35. The fourth-order valence-electron chi connectivity index (χ4n) is 3.07. The largest absolute Gasteiger partial charge is 0.494 e. The van der Waals surface area contributed by atoms with E-state index in [1.165, 1.54) is 42.3 Å². The van der Waals surface area contributed by atoms with E-state index in [0.717, 1.165) is 12.1 Å². The number of methoxy groups -OCH3 is 1. The number of benzene rings is 2. The fraction of sp³-hybridized carbons (Fsp3) is 0.250. The van der Waals surface area contributed by atoms with E-state index in [1.807, 2.05) is 0 Å². The van der Waals surface area contributed by atoms with Crippen molar-refractivity contribution in [3.05, 3.63) is 64.0 Å². The Labute approximate surface area is 170 Å². The molecule has 1 aliphatic rings. The summed E-state index contributed by atoms with van der Waals surface area (Å²) < 4.78 is 23.1. The van der Waals surface area contributed by atoms with Crippen molar-refractivity contribution in [3.8, 4) is 5.75 Å². The molecule has 9 nitrogen and oxygen atoms in total. The summed E-state index contributed by atoms with van der Waals surface area (Å²) in [6.45, 7) is -0.549. The summed E-state index contributed by atoms with van der Waals surface area (Å²) in [5.41, 5.74) is 0.298. The highest BCUT2D eigenvalue weighted by Gasteiger charge is 2.37. The number of hydrogen-bond donors (Lipinski definition) is 0. The standard InChI is InChI=1S/C20H17FN2O7/c1-29-18-9-15(23(27)28)6-7-16(18)22-10-13(8-19(22)25)20(26)30-11-17(24)12-2-4-14(21)5-3-12/h2-7,9,13H,8,10-11H2,1H3/t13-/m0/s1. The van der Waals surface area contributed by atoms with E-state index in [9.17, 15) is 28.9 Å². The Balaban J connectivity index is 1.65. The topological polar surface area (TPSA) is 116 Å². The van der Waals surface area contributed by atoms with E-state index in [0.29, 0.717) is 5.69 Å². The lowest BCUT2D eigenvalue weighted by atomic mass is 10.1. The molecule has 1 fully saturated rings. The second kappa shape index (κ2) is 8.68. The van der Waals surface area contributed by atoms with Crippen LogP contribution in [0, 0.1) is 21.8 Å². The summed E-state index contributed by atoms with van der Waals surface area (Å²) in [5, 5.41) is 10.9. The molecule has 2 aromatic carbocycles. The van der Waals surface area contributed by atoms with Gasteiger partial charge in [-0.15, -0.1) is 0 Å². The van der Waals surface area contributed by atoms with Crippen molar-refractivity contribution < 1.29 is 33.2 Å². The minimum atomic E-state index is -0.807. The van der Waals surface area contributed by atoms with E-state index in [2.05, 4.69) is 0 Å². The van der Waals surface area contributed by atoms with Gasteiger partial charge in [0.25, 0.3) is 5.69 Å². The zero-order chi connectivity index (χ0) is 21.8. The van der Waals surface area contributed by atoms with Gasteiger partial charge in [0, 0.05) is 24.6 Å². The number of anilines is 1. The van der Waals surface area contributed by atoms with E-state index >= 15 is 0 Å². The molecule has 1 saturated heterocycles. The van der Waals surface area contributed by atoms with Crippen LogP contribution in [-0.2, 0) is 14.3 Å². The average Bonchev–Trinajstić information content (AvgIpc) is 3.13. The highest BCUT2D eigenvalue weighted by molar-refractivity contribution is 6.01. The summed E-state index contributed by atoms with van der Waals surface area (Å²) in [4.78, 5) is 48.4. The van der Waals surface area contributed by atoms with Gasteiger partial charge in [0.2, 0.25) is 5.91 Å². The van der Waals surface area contributed by atoms with Crippen LogP contribution in [0.1, 0.15) is 16.8 Å². The third-order valence-electron chi connectivity index (χ3n) is 4.64.